The van der Waals surface area contributed by atoms with Crippen LogP contribution in [0.1, 0.15) is 16.7 Å². The van der Waals surface area contributed by atoms with Gasteiger partial charge in [-0.05, 0) is 40.3 Å². The summed E-state index contributed by atoms with van der Waals surface area (Å²) in [5, 5.41) is 2.83. The smallest absolute Gasteiger partial charge is 0.0184 e. The van der Waals surface area contributed by atoms with Crippen LogP contribution in [0, 0.1) is 0 Å². The maximum atomic E-state index is 5.74. The van der Waals surface area contributed by atoms with Crippen molar-refractivity contribution in [2.24, 2.45) is 5.73 Å². The summed E-state index contributed by atoms with van der Waals surface area (Å²) in [4.78, 5) is 0. The van der Waals surface area contributed by atoms with Gasteiger partial charge in [0.2, 0.25) is 0 Å². The lowest BCUT2D eigenvalue weighted by molar-refractivity contribution is 1.02. The van der Waals surface area contributed by atoms with Gasteiger partial charge in [-0.25, -0.2) is 0 Å². The Morgan fingerprint density at radius 2 is 1.79 bits per heavy atom. The molecule has 0 amide bonds. The van der Waals surface area contributed by atoms with Crippen LogP contribution in [0.2, 0.25) is 0 Å². The van der Waals surface area contributed by atoms with Gasteiger partial charge in [0.05, 0.1) is 0 Å². The molecule has 0 fully saturated rings. The van der Waals surface area contributed by atoms with Crippen molar-refractivity contribution >= 4 is 10.8 Å². The molecule has 0 bridgehead atoms. The number of hydrogen-bond donors (Lipinski definition) is 1. The van der Waals surface area contributed by atoms with Gasteiger partial charge in [-0.3, -0.25) is 0 Å². The molecule has 2 N–H and O–H groups in total. The van der Waals surface area contributed by atoms with Gasteiger partial charge in [0, 0.05) is 6.54 Å². The number of rotatable bonds is 1. The molecule has 0 heterocycles. The van der Waals surface area contributed by atoms with E-state index in [1.165, 1.54) is 40.3 Å². The standard InChI is InChI=1S/C13H13N/c14-8-11-7-6-10-5-4-9-2-1-3-12(11)13(9)10/h1-3,6-7H,4-5,8,14H2. The summed E-state index contributed by atoms with van der Waals surface area (Å²) < 4.78 is 0. The van der Waals surface area contributed by atoms with Gasteiger partial charge in [0.15, 0.2) is 0 Å². The topological polar surface area (TPSA) is 26.0 Å². The fourth-order valence-electron chi connectivity index (χ4n) is 2.49. The highest BCUT2D eigenvalue weighted by Gasteiger charge is 2.14. The molecule has 0 saturated heterocycles. The van der Waals surface area contributed by atoms with E-state index in [1.54, 1.807) is 0 Å². The molecule has 0 atom stereocenters. The summed E-state index contributed by atoms with van der Waals surface area (Å²) in [6.07, 6.45) is 2.39. The molecule has 1 aliphatic carbocycles. The third-order valence-corrected chi connectivity index (χ3v) is 3.19. The summed E-state index contributed by atoms with van der Waals surface area (Å²) in [7, 11) is 0. The van der Waals surface area contributed by atoms with Crippen molar-refractivity contribution < 1.29 is 0 Å². The second-order valence-corrected chi connectivity index (χ2v) is 3.93. The van der Waals surface area contributed by atoms with Crippen molar-refractivity contribution in [3.05, 3.63) is 47.0 Å². The molecule has 0 saturated carbocycles. The first-order valence-electron chi connectivity index (χ1n) is 5.12. The number of nitrogens with two attached hydrogens (primary N) is 1. The summed E-state index contributed by atoms with van der Waals surface area (Å²) in [5.41, 5.74) is 9.99. The third-order valence-electron chi connectivity index (χ3n) is 3.19. The van der Waals surface area contributed by atoms with Crippen molar-refractivity contribution in [3.8, 4) is 0 Å². The first-order chi connectivity index (χ1) is 6.90. The molecular weight excluding hydrogens is 170 g/mol. The summed E-state index contributed by atoms with van der Waals surface area (Å²) in [6, 6.07) is 11.0. The van der Waals surface area contributed by atoms with E-state index in [9.17, 15) is 0 Å². The summed E-state index contributed by atoms with van der Waals surface area (Å²) in [6.45, 7) is 0.639. The van der Waals surface area contributed by atoms with Crippen LogP contribution in [0.3, 0.4) is 0 Å². The first kappa shape index (κ1) is 8.01. The van der Waals surface area contributed by atoms with Crippen molar-refractivity contribution in [2.75, 3.05) is 0 Å². The average Bonchev–Trinajstić information content (AvgIpc) is 2.65. The molecule has 0 aliphatic heterocycles. The Hall–Kier alpha value is -1.34. The molecule has 2 aromatic rings. The fourth-order valence-corrected chi connectivity index (χ4v) is 2.49. The van der Waals surface area contributed by atoms with E-state index in [4.69, 9.17) is 5.73 Å². The van der Waals surface area contributed by atoms with Gasteiger partial charge in [0.25, 0.3) is 0 Å². The third kappa shape index (κ3) is 0.933. The zero-order valence-corrected chi connectivity index (χ0v) is 8.09. The summed E-state index contributed by atoms with van der Waals surface area (Å²) in [5.74, 6) is 0. The lowest BCUT2D eigenvalue weighted by Crippen LogP contribution is -1.97. The van der Waals surface area contributed by atoms with Gasteiger partial charge in [-0.2, -0.15) is 0 Å². The monoisotopic (exact) mass is 183 g/mol. The molecule has 70 valence electrons. The average molecular weight is 183 g/mol. The minimum absolute atomic E-state index is 0.639. The van der Waals surface area contributed by atoms with E-state index in [-0.39, 0.29) is 0 Å². The molecular formula is C13H13N. The van der Waals surface area contributed by atoms with Crippen LogP contribution in [0.4, 0.5) is 0 Å². The molecule has 1 heteroatoms. The van der Waals surface area contributed by atoms with Crippen LogP contribution in [-0.2, 0) is 19.4 Å². The van der Waals surface area contributed by atoms with E-state index in [0.29, 0.717) is 6.54 Å². The molecule has 0 aromatic heterocycles. The maximum absolute atomic E-state index is 5.74. The molecule has 14 heavy (non-hydrogen) atoms. The van der Waals surface area contributed by atoms with Crippen LogP contribution < -0.4 is 5.73 Å². The number of aryl methyl sites for hydroxylation is 2. The van der Waals surface area contributed by atoms with Crippen molar-refractivity contribution in [1.82, 2.24) is 0 Å². The number of benzene rings is 2. The fraction of sp³-hybridized carbons (Fsp3) is 0.231. The van der Waals surface area contributed by atoms with E-state index in [2.05, 4.69) is 30.3 Å². The molecule has 2 aromatic carbocycles. The normalized spacial score (nSPS) is 13.8. The van der Waals surface area contributed by atoms with Gasteiger partial charge < -0.3 is 5.73 Å². The van der Waals surface area contributed by atoms with Crippen molar-refractivity contribution in [3.63, 3.8) is 0 Å². The molecule has 3 rings (SSSR count). The number of hydrogen-bond acceptors (Lipinski definition) is 1. The maximum Gasteiger partial charge on any atom is 0.0184 e. The van der Waals surface area contributed by atoms with Gasteiger partial charge >= 0.3 is 0 Å². The lowest BCUT2D eigenvalue weighted by atomic mass is 10.0. The minimum Gasteiger partial charge on any atom is -0.326 e. The van der Waals surface area contributed by atoms with E-state index < -0.39 is 0 Å². The Labute approximate surface area is 83.5 Å². The highest BCUT2D eigenvalue weighted by molar-refractivity contribution is 5.93. The highest BCUT2D eigenvalue weighted by Crippen LogP contribution is 2.32. The highest BCUT2D eigenvalue weighted by atomic mass is 14.5. The minimum atomic E-state index is 0.639. The first-order valence-corrected chi connectivity index (χ1v) is 5.12. The zero-order chi connectivity index (χ0) is 9.54. The zero-order valence-electron chi connectivity index (χ0n) is 8.09. The van der Waals surface area contributed by atoms with Crippen LogP contribution >= 0.6 is 0 Å². The van der Waals surface area contributed by atoms with E-state index >= 15 is 0 Å². The van der Waals surface area contributed by atoms with Crippen molar-refractivity contribution in [1.29, 1.82) is 0 Å². The molecule has 0 spiro atoms. The van der Waals surface area contributed by atoms with Crippen LogP contribution in [0.25, 0.3) is 10.8 Å². The SMILES string of the molecule is NCc1ccc2c3c(cccc13)CC2. The molecule has 0 unspecified atom stereocenters. The molecule has 1 aliphatic rings. The quantitative estimate of drug-likeness (QED) is 0.721. The molecule has 0 radical (unpaired) electrons. The van der Waals surface area contributed by atoms with Gasteiger partial charge in [0.1, 0.15) is 0 Å². The second kappa shape index (κ2) is 2.82. The van der Waals surface area contributed by atoms with E-state index in [0.717, 1.165) is 0 Å². The van der Waals surface area contributed by atoms with Crippen LogP contribution in [0.15, 0.2) is 30.3 Å². The Kier molecular flexibility index (Phi) is 1.62. The van der Waals surface area contributed by atoms with Crippen molar-refractivity contribution in [2.45, 2.75) is 19.4 Å². The van der Waals surface area contributed by atoms with Crippen LogP contribution in [-0.4, -0.2) is 0 Å². The lowest BCUT2D eigenvalue weighted by Gasteiger charge is -2.06. The second-order valence-electron chi connectivity index (χ2n) is 3.93. The Morgan fingerprint density at radius 3 is 2.57 bits per heavy atom. The predicted octanol–water partition coefficient (Wildman–Crippen LogP) is 2.40. The predicted molar refractivity (Wildman–Crippen MR) is 59.2 cm³/mol. The van der Waals surface area contributed by atoms with E-state index in [1.807, 2.05) is 0 Å². The largest absolute Gasteiger partial charge is 0.326 e. The Bertz CT molecular complexity index is 490. The molecule has 1 nitrogen and oxygen atoms in total. The Morgan fingerprint density at radius 1 is 1.00 bits per heavy atom. The van der Waals surface area contributed by atoms with Crippen LogP contribution in [0.5, 0.6) is 0 Å². The van der Waals surface area contributed by atoms with Gasteiger partial charge in [-0.15, -0.1) is 0 Å². The Balaban J connectivity index is 2.48. The summed E-state index contributed by atoms with van der Waals surface area (Å²) >= 11 is 0. The van der Waals surface area contributed by atoms with Gasteiger partial charge in [-0.1, -0.05) is 30.3 Å².